The maximum Gasteiger partial charge on any atom is 0.0541 e. The van der Waals surface area contributed by atoms with Crippen LogP contribution < -0.4 is 0 Å². The van der Waals surface area contributed by atoms with Crippen molar-refractivity contribution in [3.05, 3.63) is 35.9 Å². The standard InChI is InChI=1S/C11H13IO/c1-8-10(12)11(8,7-13)9-5-3-2-4-6-9/h2-6,8,10,13H,7H2,1H3/t8-,10+,11-/m1/s1. The summed E-state index contributed by atoms with van der Waals surface area (Å²) in [5.41, 5.74) is 1.33. The highest BCUT2D eigenvalue weighted by Crippen LogP contribution is 2.58. The molecule has 1 nitrogen and oxygen atoms in total. The van der Waals surface area contributed by atoms with Gasteiger partial charge >= 0.3 is 0 Å². The van der Waals surface area contributed by atoms with Gasteiger partial charge in [-0.3, -0.25) is 0 Å². The molecule has 0 unspecified atom stereocenters. The first-order chi connectivity index (χ1) is 6.23. The Balaban J connectivity index is 2.36. The number of aliphatic hydroxyl groups excluding tert-OH is 1. The van der Waals surface area contributed by atoms with Crippen LogP contribution in [-0.4, -0.2) is 15.6 Å². The van der Waals surface area contributed by atoms with Gasteiger partial charge in [0.05, 0.1) is 6.61 Å². The number of benzene rings is 1. The minimum Gasteiger partial charge on any atom is -0.395 e. The van der Waals surface area contributed by atoms with Crippen molar-refractivity contribution in [3.8, 4) is 0 Å². The second-order valence-corrected chi connectivity index (χ2v) is 5.10. The minimum absolute atomic E-state index is 0.0435. The summed E-state index contributed by atoms with van der Waals surface area (Å²) in [6, 6.07) is 10.3. The topological polar surface area (TPSA) is 20.2 Å². The van der Waals surface area contributed by atoms with Crippen molar-refractivity contribution < 1.29 is 5.11 Å². The van der Waals surface area contributed by atoms with Crippen molar-refractivity contribution in [1.29, 1.82) is 0 Å². The number of alkyl halides is 1. The van der Waals surface area contributed by atoms with Crippen LogP contribution in [-0.2, 0) is 5.41 Å². The summed E-state index contributed by atoms with van der Waals surface area (Å²) >= 11 is 2.44. The molecule has 1 saturated carbocycles. The van der Waals surface area contributed by atoms with Crippen molar-refractivity contribution in [3.63, 3.8) is 0 Å². The average Bonchev–Trinajstić information content (AvgIpc) is 2.72. The van der Waals surface area contributed by atoms with Gasteiger partial charge in [0.1, 0.15) is 0 Å². The molecule has 0 aromatic heterocycles. The maximum atomic E-state index is 9.45. The van der Waals surface area contributed by atoms with Gasteiger partial charge in [-0.1, -0.05) is 59.8 Å². The van der Waals surface area contributed by atoms with E-state index in [0.717, 1.165) is 0 Å². The number of aliphatic hydroxyl groups is 1. The fourth-order valence-electron chi connectivity index (χ4n) is 2.07. The molecule has 1 aliphatic carbocycles. The smallest absolute Gasteiger partial charge is 0.0541 e. The summed E-state index contributed by atoms with van der Waals surface area (Å²) in [7, 11) is 0. The molecule has 0 saturated heterocycles. The highest BCUT2D eigenvalue weighted by atomic mass is 127. The fourth-order valence-corrected chi connectivity index (χ4v) is 3.62. The van der Waals surface area contributed by atoms with Gasteiger partial charge in [-0.15, -0.1) is 0 Å². The maximum absolute atomic E-state index is 9.45. The fraction of sp³-hybridized carbons (Fsp3) is 0.455. The molecule has 0 heterocycles. The van der Waals surface area contributed by atoms with Crippen LogP contribution in [0.3, 0.4) is 0 Å². The molecule has 70 valence electrons. The van der Waals surface area contributed by atoms with Crippen LogP contribution in [0.4, 0.5) is 0 Å². The second kappa shape index (κ2) is 3.24. The van der Waals surface area contributed by atoms with Crippen LogP contribution >= 0.6 is 22.6 Å². The number of hydrogen-bond donors (Lipinski definition) is 1. The first-order valence-corrected chi connectivity index (χ1v) is 5.78. The Bertz CT molecular complexity index is 288. The van der Waals surface area contributed by atoms with Gasteiger partial charge in [-0.25, -0.2) is 0 Å². The molecular formula is C11H13IO. The lowest BCUT2D eigenvalue weighted by Crippen LogP contribution is -2.16. The third-order valence-corrected chi connectivity index (χ3v) is 5.40. The third-order valence-electron chi connectivity index (χ3n) is 3.21. The molecule has 1 aliphatic rings. The second-order valence-electron chi connectivity index (χ2n) is 3.75. The molecule has 3 atom stereocenters. The van der Waals surface area contributed by atoms with Crippen LogP contribution in [0.15, 0.2) is 30.3 Å². The Hall–Kier alpha value is -0.0900. The van der Waals surface area contributed by atoms with Gasteiger partial charge < -0.3 is 5.11 Å². The van der Waals surface area contributed by atoms with E-state index in [1.54, 1.807) is 0 Å². The first kappa shape index (κ1) is 9.46. The minimum atomic E-state index is 0.0435. The molecule has 0 aliphatic heterocycles. The van der Waals surface area contributed by atoms with E-state index in [-0.39, 0.29) is 12.0 Å². The lowest BCUT2D eigenvalue weighted by Gasteiger charge is -2.13. The number of halogens is 1. The number of rotatable bonds is 2. The van der Waals surface area contributed by atoms with E-state index in [0.29, 0.717) is 9.84 Å². The van der Waals surface area contributed by atoms with E-state index >= 15 is 0 Å². The van der Waals surface area contributed by atoms with E-state index in [4.69, 9.17) is 0 Å². The molecule has 13 heavy (non-hydrogen) atoms. The molecule has 1 aromatic rings. The molecule has 2 heteroatoms. The summed E-state index contributed by atoms with van der Waals surface area (Å²) in [5.74, 6) is 0.598. The van der Waals surface area contributed by atoms with Gasteiger partial charge in [0.2, 0.25) is 0 Å². The average molecular weight is 288 g/mol. The molecular weight excluding hydrogens is 275 g/mol. The van der Waals surface area contributed by atoms with Crippen LogP contribution in [0.1, 0.15) is 12.5 Å². The molecule has 1 fully saturated rings. The molecule has 2 rings (SSSR count). The zero-order valence-corrected chi connectivity index (χ0v) is 9.73. The normalized spacial score (nSPS) is 37.5. The summed E-state index contributed by atoms with van der Waals surface area (Å²) < 4.78 is 0.581. The van der Waals surface area contributed by atoms with Crippen molar-refractivity contribution in [2.45, 2.75) is 16.3 Å². The SMILES string of the molecule is C[C@@H]1[C@H](I)[C@@]1(CO)c1ccccc1. The Morgan fingerprint density at radius 2 is 1.92 bits per heavy atom. The largest absolute Gasteiger partial charge is 0.395 e. The van der Waals surface area contributed by atoms with Crippen molar-refractivity contribution in [2.24, 2.45) is 5.92 Å². The summed E-state index contributed by atoms with van der Waals surface area (Å²) in [6.45, 7) is 2.48. The Labute approximate surface area is 92.3 Å². The quantitative estimate of drug-likeness (QED) is 0.654. The van der Waals surface area contributed by atoms with E-state index in [1.165, 1.54) is 5.56 Å². The van der Waals surface area contributed by atoms with Crippen LogP contribution in [0.2, 0.25) is 0 Å². The van der Waals surface area contributed by atoms with E-state index in [2.05, 4.69) is 41.6 Å². The van der Waals surface area contributed by atoms with Gasteiger partial charge in [-0.05, 0) is 11.5 Å². The van der Waals surface area contributed by atoms with Gasteiger partial charge in [0, 0.05) is 9.34 Å². The molecule has 0 amide bonds. The highest BCUT2D eigenvalue weighted by molar-refractivity contribution is 14.1. The van der Waals surface area contributed by atoms with Crippen molar-refractivity contribution in [2.75, 3.05) is 6.61 Å². The van der Waals surface area contributed by atoms with E-state index in [1.807, 2.05) is 18.2 Å². The lowest BCUT2D eigenvalue weighted by molar-refractivity contribution is 0.248. The third kappa shape index (κ3) is 1.22. The van der Waals surface area contributed by atoms with Crippen LogP contribution in [0.25, 0.3) is 0 Å². The summed E-state index contributed by atoms with van der Waals surface area (Å²) in [4.78, 5) is 0. The van der Waals surface area contributed by atoms with Gasteiger partial charge in [-0.2, -0.15) is 0 Å². The van der Waals surface area contributed by atoms with Gasteiger partial charge in [0.15, 0.2) is 0 Å². The zero-order chi connectivity index (χ0) is 9.47. The molecule has 0 radical (unpaired) electrons. The van der Waals surface area contributed by atoms with Crippen LogP contribution in [0, 0.1) is 5.92 Å². The van der Waals surface area contributed by atoms with E-state index in [9.17, 15) is 5.11 Å². The highest BCUT2D eigenvalue weighted by Gasteiger charge is 2.61. The Kier molecular flexibility index (Phi) is 2.36. The van der Waals surface area contributed by atoms with E-state index < -0.39 is 0 Å². The summed E-state index contributed by atoms with van der Waals surface area (Å²) in [6.07, 6.45) is 0. The van der Waals surface area contributed by atoms with Crippen LogP contribution in [0.5, 0.6) is 0 Å². The lowest BCUT2D eigenvalue weighted by atomic mass is 9.95. The Morgan fingerprint density at radius 3 is 2.31 bits per heavy atom. The monoisotopic (exact) mass is 288 g/mol. The molecule has 1 N–H and O–H groups in total. The van der Waals surface area contributed by atoms with Gasteiger partial charge in [0.25, 0.3) is 0 Å². The molecule has 0 bridgehead atoms. The Morgan fingerprint density at radius 1 is 1.38 bits per heavy atom. The van der Waals surface area contributed by atoms with Crippen molar-refractivity contribution in [1.82, 2.24) is 0 Å². The predicted molar refractivity (Wildman–Crippen MR) is 62.2 cm³/mol. The van der Waals surface area contributed by atoms with Crippen molar-refractivity contribution >= 4 is 22.6 Å². The summed E-state index contributed by atoms with van der Waals surface area (Å²) in [5, 5.41) is 9.45. The first-order valence-electron chi connectivity index (χ1n) is 4.54. The molecule has 1 aromatic carbocycles. The molecule has 0 spiro atoms. The zero-order valence-electron chi connectivity index (χ0n) is 7.57. The predicted octanol–water partition coefficient (Wildman–Crippen LogP) is 2.37. The number of hydrogen-bond acceptors (Lipinski definition) is 1.